The van der Waals surface area contributed by atoms with E-state index in [0.717, 1.165) is 16.9 Å². The van der Waals surface area contributed by atoms with Gasteiger partial charge in [-0.1, -0.05) is 67.4 Å². The van der Waals surface area contributed by atoms with Crippen LogP contribution in [-0.4, -0.2) is 64.5 Å². The Morgan fingerprint density at radius 3 is 2.24 bits per heavy atom. The van der Waals surface area contributed by atoms with Crippen LogP contribution in [-0.2, 0) is 9.59 Å². The highest BCUT2D eigenvalue weighted by Gasteiger charge is 2.28. The first-order valence-corrected chi connectivity index (χ1v) is 13.6. The van der Waals surface area contributed by atoms with Gasteiger partial charge in [0, 0.05) is 43.2 Å². The summed E-state index contributed by atoms with van der Waals surface area (Å²) in [5.74, 6) is 0.926. The van der Waals surface area contributed by atoms with Gasteiger partial charge in [0.15, 0.2) is 5.82 Å². The third-order valence-electron chi connectivity index (χ3n) is 6.77. The molecular weight excluding hydrogens is 521 g/mol. The van der Waals surface area contributed by atoms with Gasteiger partial charge in [-0.25, -0.2) is 0 Å². The minimum Gasteiger partial charge on any atom is -0.352 e. The fourth-order valence-electron chi connectivity index (χ4n) is 4.58. The molecule has 1 saturated heterocycles. The van der Waals surface area contributed by atoms with Gasteiger partial charge in [-0.05, 0) is 48.7 Å². The average Bonchev–Trinajstić information content (AvgIpc) is 2.91. The Morgan fingerprint density at radius 2 is 1.63 bits per heavy atom. The van der Waals surface area contributed by atoms with Gasteiger partial charge in [-0.15, -0.1) is 10.2 Å². The van der Waals surface area contributed by atoms with E-state index in [1.807, 2.05) is 74.2 Å². The van der Waals surface area contributed by atoms with Crippen molar-refractivity contribution in [3.8, 4) is 11.3 Å². The lowest BCUT2D eigenvalue weighted by Crippen LogP contribution is -2.52. The largest absolute Gasteiger partial charge is 0.352 e. The van der Waals surface area contributed by atoms with Gasteiger partial charge in [0.05, 0.1) is 16.8 Å². The zero-order valence-corrected chi connectivity index (χ0v) is 23.5. The predicted octanol–water partition coefficient (Wildman–Crippen LogP) is 5.73. The highest BCUT2D eigenvalue weighted by atomic mass is 35.5. The summed E-state index contributed by atoms with van der Waals surface area (Å²) in [6.45, 7) is 8.46. The summed E-state index contributed by atoms with van der Waals surface area (Å²) in [5.41, 5.74) is 2.46. The van der Waals surface area contributed by atoms with E-state index in [2.05, 4.69) is 15.1 Å². The molecular formula is C29H33Cl2N5O2. The van der Waals surface area contributed by atoms with Crippen LogP contribution in [0.25, 0.3) is 11.3 Å². The van der Waals surface area contributed by atoms with Crippen LogP contribution in [0.5, 0.6) is 0 Å². The van der Waals surface area contributed by atoms with Crippen LogP contribution >= 0.6 is 23.2 Å². The van der Waals surface area contributed by atoms with Crippen molar-refractivity contribution in [1.29, 1.82) is 0 Å². The first kappa shape index (κ1) is 27.9. The SMILES string of the molecule is CC(C)CC(=O)N(CC(=O)N1CCN(c2ccc(-c3ccc(Cl)cc3Cl)nn2)CC1)[C@H](C)c1ccccc1. The number of amides is 2. The molecule has 200 valence electrons. The summed E-state index contributed by atoms with van der Waals surface area (Å²) in [6, 6.07) is 18.8. The Labute approximate surface area is 234 Å². The lowest BCUT2D eigenvalue weighted by Gasteiger charge is -2.37. The number of carbonyl (C=O) groups is 2. The summed E-state index contributed by atoms with van der Waals surface area (Å²) in [7, 11) is 0. The van der Waals surface area contributed by atoms with Crippen molar-refractivity contribution >= 4 is 40.8 Å². The standard InChI is InChI=1S/C29H33Cl2N5O2/c1-20(2)17-28(37)36(21(3)22-7-5-4-6-8-22)19-29(38)35-15-13-34(14-16-35)27-12-11-26(32-33-27)24-10-9-23(30)18-25(24)31/h4-12,18,20-21H,13-17,19H2,1-3H3/t21-/m1/s1. The summed E-state index contributed by atoms with van der Waals surface area (Å²) in [6.07, 6.45) is 0.411. The molecule has 3 aromatic rings. The molecule has 2 aromatic carbocycles. The highest BCUT2D eigenvalue weighted by Crippen LogP contribution is 2.29. The van der Waals surface area contributed by atoms with E-state index >= 15 is 0 Å². The van der Waals surface area contributed by atoms with Crippen molar-refractivity contribution in [2.75, 3.05) is 37.6 Å². The molecule has 1 aromatic heterocycles. The van der Waals surface area contributed by atoms with Gasteiger partial charge >= 0.3 is 0 Å². The Morgan fingerprint density at radius 1 is 0.921 bits per heavy atom. The first-order chi connectivity index (χ1) is 18.2. The minimum atomic E-state index is -0.185. The first-order valence-electron chi connectivity index (χ1n) is 12.9. The lowest BCUT2D eigenvalue weighted by molar-refractivity contribution is -0.143. The Balaban J connectivity index is 1.38. The molecule has 2 heterocycles. The van der Waals surface area contributed by atoms with Crippen LogP contribution < -0.4 is 4.90 Å². The van der Waals surface area contributed by atoms with Crippen LogP contribution in [0.4, 0.5) is 5.82 Å². The normalized spacial score (nSPS) is 14.5. The molecule has 0 bridgehead atoms. The zero-order valence-electron chi connectivity index (χ0n) is 22.0. The van der Waals surface area contributed by atoms with Crippen molar-refractivity contribution in [2.24, 2.45) is 5.92 Å². The van der Waals surface area contributed by atoms with Crippen molar-refractivity contribution < 1.29 is 9.59 Å². The molecule has 1 atom stereocenters. The van der Waals surface area contributed by atoms with E-state index in [-0.39, 0.29) is 30.3 Å². The predicted molar refractivity (Wildman–Crippen MR) is 152 cm³/mol. The molecule has 1 aliphatic heterocycles. The average molecular weight is 555 g/mol. The van der Waals surface area contributed by atoms with Gasteiger partial charge in [-0.3, -0.25) is 9.59 Å². The van der Waals surface area contributed by atoms with E-state index in [9.17, 15) is 9.59 Å². The number of rotatable bonds is 8. The van der Waals surface area contributed by atoms with Gasteiger partial charge in [0.25, 0.3) is 0 Å². The van der Waals surface area contributed by atoms with Crippen LogP contribution in [0.3, 0.4) is 0 Å². The lowest BCUT2D eigenvalue weighted by atomic mass is 10.0. The number of aromatic nitrogens is 2. The number of anilines is 1. The number of hydrogen-bond acceptors (Lipinski definition) is 5. The monoisotopic (exact) mass is 553 g/mol. The molecule has 0 N–H and O–H groups in total. The number of carbonyl (C=O) groups excluding carboxylic acids is 2. The zero-order chi connectivity index (χ0) is 27.2. The molecule has 2 amide bonds. The Hall–Kier alpha value is -3.16. The quantitative estimate of drug-likeness (QED) is 0.356. The number of nitrogens with zero attached hydrogens (tertiary/aromatic N) is 5. The number of hydrogen-bond donors (Lipinski definition) is 0. The number of halogens is 2. The molecule has 0 saturated carbocycles. The second-order valence-electron chi connectivity index (χ2n) is 9.98. The van der Waals surface area contributed by atoms with Crippen molar-refractivity contribution in [3.63, 3.8) is 0 Å². The van der Waals surface area contributed by atoms with Gasteiger partial charge in [0.1, 0.15) is 6.54 Å². The second-order valence-corrected chi connectivity index (χ2v) is 10.8. The maximum absolute atomic E-state index is 13.3. The molecule has 7 nitrogen and oxygen atoms in total. The van der Waals surface area contributed by atoms with Gasteiger partial charge < -0.3 is 14.7 Å². The minimum absolute atomic E-state index is 0.000469. The smallest absolute Gasteiger partial charge is 0.242 e. The van der Waals surface area contributed by atoms with Crippen molar-refractivity contribution in [1.82, 2.24) is 20.0 Å². The van der Waals surface area contributed by atoms with Crippen LogP contribution in [0, 0.1) is 5.92 Å². The molecule has 1 fully saturated rings. The molecule has 4 rings (SSSR count). The Bertz CT molecular complexity index is 1250. The topological polar surface area (TPSA) is 69.6 Å². The van der Waals surface area contributed by atoms with E-state index in [1.165, 1.54) is 0 Å². The molecule has 0 spiro atoms. The molecule has 38 heavy (non-hydrogen) atoms. The number of piperazine rings is 1. The van der Waals surface area contributed by atoms with Gasteiger partial charge in [0.2, 0.25) is 11.8 Å². The van der Waals surface area contributed by atoms with Crippen molar-refractivity contribution in [2.45, 2.75) is 33.2 Å². The van der Waals surface area contributed by atoms with Crippen LogP contribution in [0.15, 0.2) is 60.7 Å². The maximum Gasteiger partial charge on any atom is 0.242 e. The van der Waals surface area contributed by atoms with Crippen LogP contribution in [0.1, 0.15) is 38.8 Å². The van der Waals surface area contributed by atoms with Crippen LogP contribution in [0.2, 0.25) is 10.0 Å². The summed E-state index contributed by atoms with van der Waals surface area (Å²) >= 11 is 12.3. The Kier molecular flexibility index (Phi) is 9.23. The van der Waals surface area contributed by atoms with E-state index < -0.39 is 0 Å². The molecule has 0 radical (unpaired) electrons. The van der Waals surface area contributed by atoms with E-state index in [1.54, 1.807) is 17.0 Å². The maximum atomic E-state index is 13.3. The summed E-state index contributed by atoms with van der Waals surface area (Å²) in [5, 5.41) is 9.84. The third-order valence-corrected chi connectivity index (χ3v) is 7.32. The second kappa shape index (κ2) is 12.6. The highest BCUT2D eigenvalue weighted by molar-refractivity contribution is 6.36. The van der Waals surface area contributed by atoms with E-state index in [0.29, 0.717) is 48.3 Å². The van der Waals surface area contributed by atoms with E-state index in [4.69, 9.17) is 23.2 Å². The summed E-state index contributed by atoms with van der Waals surface area (Å²) < 4.78 is 0. The summed E-state index contributed by atoms with van der Waals surface area (Å²) in [4.78, 5) is 32.1. The number of benzene rings is 2. The van der Waals surface area contributed by atoms with Crippen molar-refractivity contribution in [3.05, 3.63) is 76.3 Å². The molecule has 9 heteroatoms. The van der Waals surface area contributed by atoms with Gasteiger partial charge in [-0.2, -0.15) is 0 Å². The molecule has 0 unspecified atom stereocenters. The fourth-order valence-corrected chi connectivity index (χ4v) is 5.09. The fraction of sp³-hybridized carbons (Fsp3) is 0.379. The third kappa shape index (κ3) is 6.83. The molecule has 0 aliphatic carbocycles. The molecule has 1 aliphatic rings.